The first kappa shape index (κ1) is 14.3. The van der Waals surface area contributed by atoms with Gasteiger partial charge in [-0.1, -0.05) is 6.07 Å². The lowest BCUT2D eigenvalue weighted by molar-refractivity contribution is -0.160. The van der Waals surface area contributed by atoms with E-state index in [1.165, 1.54) is 6.07 Å². The number of aromatic carboxylic acids is 1. The number of aromatic nitrogens is 1. The van der Waals surface area contributed by atoms with E-state index in [1.807, 2.05) is 13.0 Å². The number of pyridine rings is 1. The Hall–Kier alpha value is -1.66. The lowest BCUT2D eigenvalue weighted by Crippen LogP contribution is -2.58. The lowest BCUT2D eigenvalue weighted by atomic mass is 9.93. The van der Waals surface area contributed by atoms with Crippen molar-refractivity contribution in [2.45, 2.75) is 31.5 Å². The molecule has 1 aromatic rings. The SMILES string of the molecule is C[C@@H]1CN(c2cccc(C(=O)O)n2)C[C@@]2(CCCOC2)O1. The second kappa shape index (κ2) is 5.61. The third kappa shape index (κ3) is 3.01. The van der Waals surface area contributed by atoms with Crippen LogP contribution in [0.3, 0.4) is 0 Å². The summed E-state index contributed by atoms with van der Waals surface area (Å²) >= 11 is 0. The number of hydrogen-bond acceptors (Lipinski definition) is 5. The van der Waals surface area contributed by atoms with Crippen molar-refractivity contribution >= 4 is 11.8 Å². The monoisotopic (exact) mass is 292 g/mol. The summed E-state index contributed by atoms with van der Waals surface area (Å²) in [6.07, 6.45) is 2.02. The quantitative estimate of drug-likeness (QED) is 0.892. The molecule has 0 aromatic carbocycles. The van der Waals surface area contributed by atoms with Crippen LogP contribution in [-0.2, 0) is 9.47 Å². The van der Waals surface area contributed by atoms with Gasteiger partial charge in [-0.25, -0.2) is 9.78 Å². The predicted molar refractivity (Wildman–Crippen MR) is 76.7 cm³/mol. The van der Waals surface area contributed by atoms with Crippen molar-refractivity contribution in [2.75, 3.05) is 31.2 Å². The van der Waals surface area contributed by atoms with Gasteiger partial charge in [0.25, 0.3) is 0 Å². The van der Waals surface area contributed by atoms with Crippen LogP contribution in [0.5, 0.6) is 0 Å². The molecule has 3 rings (SSSR count). The number of nitrogens with zero attached hydrogens (tertiary/aromatic N) is 2. The highest BCUT2D eigenvalue weighted by Gasteiger charge is 2.41. The highest BCUT2D eigenvalue weighted by molar-refractivity contribution is 5.85. The Balaban J connectivity index is 1.84. The summed E-state index contributed by atoms with van der Waals surface area (Å²) in [6, 6.07) is 5.09. The minimum absolute atomic E-state index is 0.0655. The summed E-state index contributed by atoms with van der Waals surface area (Å²) in [4.78, 5) is 17.4. The third-order valence-corrected chi connectivity index (χ3v) is 3.97. The second-order valence-corrected chi connectivity index (χ2v) is 5.83. The molecule has 114 valence electrons. The number of carboxylic acid groups (broad SMARTS) is 1. The maximum Gasteiger partial charge on any atom is 0.354 e. The van der Waals surface area contributed by atoms with Crippen LogP contribution in [0, 0.1) is 0 Å². The summed E-state index contributed by atoms with van der Waals surface area (Å²) < 4.78 is 11.7. The zero-order valence-corrected chi connectivity index (χ0v) is 12.1. The summed E-state index contributed by atoms with van der Waals surface area (Å²) in [5.41, 5.74) is -0.225. The summed E-state index contributed by atoms with van der Waals surface area (Å²) in [5.74, 6) is -0.316. The zero-order chi connectivity index (χ0) is 14.9. The highest BCUT2D eigenvalue weighted by Crippen LogP contribution is 2.31. The number of anilines is 1. The minimum Gasteiger partial charge on any atom is -0.477 e. The van der Waals surface area contributed by atoms with Gasteiger partial charge < -0.3 is 19.5 Å². The van der Waals surface area contributed by atoms with Crippen LogP contribution < -0.4 is 4.90 Å². The maximum absolute atomic E-state index is 11.1. The molecular weight excluding hydrogens is 272 g/mol. The molecule has 2 atom stereocenters. The van der Waals surface area contributed by atoms with Crippen LogP contribution in [0.15, 0.2) is 18.2 Å². The average Bonchev–Trinajstić information content (AvgIpc) is 2.47. The zero-order valence-electron chi connectivity index (χ0n) is 12.1. The molecule has 2 aliphatic rings. The fraction of sp³-hybridized carbons (Fsp3) is 0.600. The molecule has 0 bridgehead atoms. The van der Waals surface area contributed by atoms with Crippen LogP contribution in [0.1, 0.15) is 30.3 Å². The van der Waals surface area contributed by atoms with Gasteiger partial charge in [0, 0.05) is 13.2 Å². The fourth-order valence-corrected chi connectivity index (χ4v) is 3.16. The summed E-state index contributed by atoms with van der Waals surface area (Å²) in [6.45, 7) is 4.80. The number of carbonyl (C=O) groups is 1. The Morgan fingerprint density at radius 1 is 1.52 bits per heavy atom. The van der Waals surface area contributed by atoms with E-state index in [2.05, 4.69) is 9.88 Å². The molecule has 2 aliphatic heterocycles. The van der Waals surface area contributed by atoms with Crippen molar-refractivity contribution in [2.24, 2.45) is 0 Å². The first-order valence-corrected chi connectivity index (χ1v) is 7.29. The summed E-state index contributed by atoms with van der Waals surface area (Å²) in [7, 11) is 0. The molecule has 1 N–H and O–H groups in total. The van der Waals surface area contributed by atoms with Gasteiger partial charge in [0.15, 0.2) is 5.69 Å². The van der Waals surface area contributed by atoms with Crippen molar-refractivity contribution in [3.05, 3.63) is 23.9 Å². The maximum atomic E-state index is 11.1. The van der Waals surface area contributed by atoms with Gasteiger partial charge in [0.1, 0.15) is 11.4 Å². The van der Waals surface area contributed by atoms with Crippen LogP contribution in [0.2, 0.25) is 0 Å². The molecule has 0 unspecified atom stereocenters. The molecule has 0 saturated carbocycles. The van der Waals surface area contributed by atoms with Gasteiger partial charge in [0.05, 0.1) is 19.3 Å². The minimum atomic E-state index is -1.01. The van der Waals surface area contributed by atoms with E-state index in [9.17, 15) is 4.79 Å². The molecule has 0 radical (unpaired) electrons. The Morgan fingerprint density at radius 2 is 2.38 bits per heavy atom. The topological polar surface area (TPSA) is 71.9 Å². The smallest absolute Gasteiger partial charge is 0.354 e. The molecule has 6 heteroatoms. The van der Waals surface area contributed by atoms with Crippen LogP contribution in [-0.4, -0.2) is 54.1 Å². The van der Waals surface area contributed by atoms with Crippen molar-refractivity contribution in [1.29, 1.82) is 0 Å². The Morgan fingerprint density at radius 3 is 3.10 bits per heavy atom. The van der Waals surface area contributed by atoms with Crippen LogP contribution >= 0.6 is 0 Å². The average molecular weight is 292 g/mol. The lowest BCUT2D eigenvalue weighted by Gasteiger charge is -2.47. The number of morpholine rings is 1. The Kier molecular flexibility index (Phi) is 3.82. The molecule has 6 nitrogen and oxygen atoms in total. The molecule has 2 saturated heterocycles. The normalized spacial score (nSPS) is 29.6. The van der Waals surface area contributed by atoms with Gasteiger partial charge >= 0.3 is 5.97 Å². The van der Waals surface area contributed by atoms with E-state index in [-0.39, 0.29) is 17.4 Å². The molecule has 1 spiro atoms. The summed E-state index contributed by atoms with van der Waals surface area (Å²) in [5, 5.41) is 9.08. The second-order valence-electron chi connectivity index (χ2n) is 5.83. The molecular formula is C15H20N2O4. The number of carboxylic acids is 1. The first-order valence-electron chi connectivity index (χ1n) is 7.29. The van der Waals surface area contributed by atoms with Gasteiger partial charge in [0.2, 0.25) is 0 Å². The molecule has 21 heavy (non-hydrogen) atoms. The molecule has 0 amide bonds. The van der Waals surface area contributed by atoms with Crippen LogP contribution in [0.4, 0.5) is 5.82 Å². The highest BCUT2D eigenvalue weighted by atomic mass is 16.6. The first-order chi connectivity index (χ1) is 10.1. The van der Waals surface area contributed by atoms with E-state index >= 15 is 0 Å². The third-order valence-electron chi connectivity index (χ3n) is 3.97. The molecule has 2 fully saturated rings. The Labute approximate surface area is 123 Å². The van der Waals surface area contributed by atoms with E-state index in [0.29, 0.717) is 25.5 Å². The number of hydrogen-bond donors (Lipinski definition) is 1. The predicted octanol–water partition coefficient (Wildman–Crippen LogP) is 1.55. The van der Waals surface area contributed by atoms with Gasteiger partial charge in [-0.3, -0.25) is 0 Å². The van der Waals surface area contributed by atoms with E-state index in [0.717, 1.165) is 19.4 Å². The van der Waals surface area contributed by atoms with Crippen molar-refractivity contribution in [3.63, 3.8) is 0 Å². The molecule has 0 aliphatic carbocycles. The van der Waals surface area contributed by atoms with E-state index in [1.54, 1.807) is 6.07 Å². The Bertz CT molecular complexity index is 528. The standard InChI is InChI=1S/C15H20N2O4/c1-11-8-17(9-15(21-11)6-3-7-20-10-15)13-5-2-4-12(16-13)14(18)19/h2,4-5,11H,3,6-10H2,1H3,(H,18,19)/t11-,15-/m1/s1. The van der Waals surface area contributed by atoms with Gasteiger partial charge in [-0.2, -0.15) is 0 Å². The van der Waals surface area contributed by atoms with E-state index in [4.69, 9.17) is 14.6 Å². The van der Waals surface area contributed by atoms with Crippen molar-refractivity contribution < 1.29 is 19.4 Å². The van der Waals surface area contributed by atoms with Gasteiger partial charge in [-0.15, -0.1) is 0 Å². The molecule has 3 heterocycles. The fourth-order valence-electron chi connectivity index (χ4n) is 3.16. The number of rotatable bonds is 2. The van der Waals surface area contributed by atoms with Gasteiger partial charge in [-0.05, 0) is 31.9 Å². The van der Waals surface area contributed by atoms with Crippen molar-refractivity contribution in [1.82, 2.24) is 4.98 Å². The van der Waals surface area contributed by atoms with E-state index < -0.39 is 5.97 Å². The molecule has 1 aromatic heterocycles. The number of ether oxygens (including phenoxy) is 2. The van der Waals surface area contributed by atoms with Crippen molar-refractivity contribution in [3.8, 4) is 0 Å². The van der Waals surface area contributed by atoms with Crippen LogP contribution in [0.25, 0.3) is 0 Å². The largest absolute Gasteiger partial charge is 0.477 e.